The highest BCUT2D eigenvalue weighted by Crippen LogP contribution is 2.31. The first-order chi connectivity index (χ1) is 13.9. The predicted octanol–water partition coefficient (Wildman–Crippen LogP) is 6.08. The SMILES string of the molecule is CC(C)(C)c1ccc(CN2C(=O)CSC2=CC(=O)c2ccc(C(C)(C)C)cc2)cc1. The summed E-state index contributed by atoms with van der Waals surface area (Å²) in [4.78, 5) is 27.0. The van der Waals surface area contributed by atoms with E-state index in [4.69, 9.17) is 0 Å². The van der Waals surface area contributed by atoms with Gasteiger partial charge in [-0.2, -0.15) is 0 Å². The fraction of sp³-hybridized carbons (Fsp3) is 0.385. The smallest absolute Gasteiger partial charge is 0.238 e. The lowest BCUT2D eigenvalue weighted by molar-refractivity contribution is -0.125. The zero-order valence-electron chi connectivity index (χ0n) is 18.8. The van der Waals surface area contributed by atoms with Gasteiger partial charge in [-0.15, -0.1) is 0 Å². The van der Waals surface area contributed by atoms with Crippen LogP contribution in [0.4, 0.5) is 0 Å². The molecular weight excluding hydrogens is 390 g/mol. The van der Waals surface area contributed by atoms with Gasteiger partial charge in [0.25, 0.3) is 0 Å². The van der Waals surface area contributed by atoms with Gasteiger partial charge in [0.1, 0.15) is 0 Å². The summed E-state index contributed by atoms with van der Waals surface area (Å²) < 4.78 is 0. The number of hydrogen-bond acceptors (Lipinski definition) is 3. The molecule has 2 aromatic carbocycles. The molecule has 0 radical (unpaired) electrons. The summed E-state index contributed by atoms with van der Waals surface area (Å²) in [5.41, 5.74) is 4.30. The lowest BCUT2D eigenvalue weighted by atomic mass is 9.86. The third-order valence-electron chi connectivity index (χ3n) is 5.36. The largest absolute Gasteiger partial charge is 0.301 e. The van der Waals surface area contributed by atoms with Crippen LogP contribution in [0.2, 0.25) is 0 Å². The highest BCUT2D eigenvalue weighted by Gasteiger charge is 2.27. The summed E-state index contributed by atoms with van der Waals surface area (Å²) >= 11 is 1.43. The van der Waals surface area contributed by atoms with Gasteiger partial charge in [0.15, 0.2) is 5.78 Å². The van der Waals surface area contributed by atoms with E-state index in [1.807, 2.05) is 24.3 Å². The van der Waals surface area contributed by atoms with E-state index in [0.717, 1.165) is 10.6 Å². The maximum absolute atomic E-state index is 12.8. The van der Waals surface area contributed by atoms with Crippen LogP contribution in [0.3, 0.4) is 0 Å². The Labute approximate surface area is 184 Å². The normalized spacial score (nSPS) is 16.4. The summed E-state index contributed by atoms with van der Waals surface area (Å²) in [6, 6.07) is 16.1. The van der Waals surface area contributed by atoms with Gasteiger partial charge in [-0.05, 0) is 27.5 Å². The Morgan fingerprint density at radius 2 is 1.40 bits per heavy atom. The van der Waals surface area contributed by atoms with E-state index >= 15 is 0 Å². The number of ketones is 1. The fourth-order valence-electron chi connectivity index (χ4n) is 3.32. The highest BCUT2D eigenvalue weighted by molar-refractivity contribution is 8.04. The van der Waals surface area contributed by atoms with Gasteiger partial charge in [-0.1, -0.05) is 102 Å². The molecular formula is C26H31NO2S. The Morgan fingerprint density at radius 1 is 0.900 bits per heavy atom. The average molecular weight is 422 g/mol. The van der Waals surface area contributed by atoms with Crippen LogP contribution in [0.1, 0.15) is 68.6 Å². The Balaban J connectivity index is 1.77. The molecule has 0 atom stereocenters. The zero-order chi connectivity index (χ0) is 22.1. The van der Waals surface area contributed by atoms with Crippen molar-refractivity contribution in [3.63, 3.8) is 0 Å². The van der Waals surface area contributed by atoms with E-state index in [-0.39, 0.29) is 22.5 Å². The van der Waals surface area contributed by atoms with Crippen molar-refractivity contribution in [2.75, 3.05) is 5.75 Å². The molecule has 1 saturated heterocycles. The monoisotopic (exact) mass is 421 g/mol. The summed E-state index contributed by atoms with van der Waals surface area (Å²) in [5, 5.41) is 0.727. The molecule has 0 aromatic heterocycles. The molecule has 0 unspecified atom stereocenters. The maximum Gasteiger partial charge on any atom is 0.238 e. The second-order valence-corrected chi connectivity index (χ2v) is 10.9. The Kier molecular flexibility index (Phi) is 6.28. The highest BCUT2D eigenvalue weighted by atomic mass is 32.2. The summed E-state index contributed by atoms with van der Waals surface area (Å²) in [6.45, 7) is 13.5. The molecule has 158 valence electrons. The number of amides is 1. The Morgan fingerprint density at radius 3 is 1.90 bits per heavy atom. The summed E-state index contributed by atoms with van der Waals surface area (Å²) in [6.07, 6.45) is 1.60. The van der Waals surface area contributed by atoms with Crippen molar-refractivity contribution in [3.05, 3.63) is 81.9 Å². The minimum absolute atomic E-state index is 0.0435. The van der Waals surface area contributed by atoms with E-state index in [0.29, 0.717) is 17.9 Å². The van der Waals surface area contributed by atoms with Crippen LogP contribution < -0.4 is 0 Å². The van der Waals surface area contributed by atoms with Crippen molar-refractivity contribution >= 4 is 23.5 Å². The lowest BCUT2D eigenvalue weighted by Crippen LogP contribution is -2.24. The average Bonchev–Trinajstić information content (AvgIpc) is 3.00. The van der Waals surface area contributed by atoms with Crippen LogP contribution in [0.25, 0.3) is 0 Å². The molecule has 2 aromatic rings. The summed E-state index contributed by atoms with van der Waals surface area (Å²) in [5.74, 6) is 0.352. The molecule has 1 heterocycles. The van der Waals surface area contributed by atoms with E-state index in [1.54, 1.807) is 11.0 Å². The second-order valence-electron chi connectivity index (χ2n) is 9.89. The van der Waals surface area contributed by atoms with Crippen molar-refractivity contribution in [3.8, 4) is 0 Å². The number of nitrogens with zero attached hydrogens (tertiary/aromatic N) is 1. The Hall–Kier alpha value is -2.33. The molecule has 0 saturated carbocycles. The van der Waals surface area contributed by atoms with Gasteiger partial charge in [0.05, 0.1) is 17.3 Å². The van der Waals surface area contributed by atoms with Crippen LogP contribution in [0.15, 0.2) is 59.6 Å². The fourth-order valence-corrected chi connectivity index (χ4v) is 4.26. The van der Waals surface area contributed by atoms with Crippen LogP contribution in [0.5, 0.6) is 0 Å². The molecule has 0 spiro atoms. The van der Waals surface area contributed by atoms with Gasteiger partial charge >= 0.3 is 0 Å². The van der Waals surface area contributed by atoms with Crippen molar-refractivity contribution in [2.24, 2.45) is 0 Å². The minimum atomic E-state index is -0.0688. The van der Waals surface area contributed by atoms with Crippen molar-refractivity contribution in [2.45, 2.75) is 58.9 Å². The van der Waals surface area contributed by atoms with E-state index in [9.17, 15) is 9.59 Å². The second kappa shape index (κ2) is 8.43. The number of allylic oxidation sites excluding steroid dienone is 1. The van der Waals surface area contributed by atoms with Crippen LogP contribution in [-0.4, -0.2) is 22.3 Å². The number of carbonyl (C=O) groups excluding carboxylic acids is 2. The number of carbonyl (C=O) groups is 2. The molecule has 1 fully saturated rings. The predicted molar refractivity (Wildman–Crippen MR) is 126 cm³/mol. The lowest BCUT2D eigenvalue weighted by Gasteiger charge is -2.21. The third-order valence-corrected chi connectivity index (χ3v) is 6.39. The number of hydrogen-bond donors (Lipinski definition) is 0. The van der Waals surface area contributed by atoms with Crippen LogP contribution in [0, 0.1) is 0 Å². The van der Waals surface area contributed by atoms with Gasteiger partial charge < -0.3 is 4.90 Å². The quantitative estimate of drug-likeness (QED) is 0.443. The van der Waals surface area contributed by atoms with Crippen LogP contribution in [-0.2, 0) is 22.2 Å². The molecule has 1 aliphatic heterocycles. The molecule has 0 aliphatic carbocycles. The van der Waals surface area contributed by atoms with Crippen molar-refractivity contribution in [1.82, 2.24) is 4.90 Å². The molecule has 0 N–H and O–H groups in total. The van der Waals surface area contributed by atoms with E-state index in [1.165, 1.54) is 22.9 Å². The molecule has 3 nitrogen and oxygen atoms in total. The number of rotatable bonds is 4. The molecule has 3 rings (SSSR count). The minimum Gasteiger partial charge on any atom is -0.301 e. The van der Waals surface area contributed by atoms with Gasteiger partial charge in [0.2, 0.25) is 5.91 Å². The molecule has 0 bridgehead atoms. The number of thioether (sulfide) groups is 1. The van der Waals surface area contributed by atoms with Gasteiger partial charge in [-0.25, -0.2) is 0 Å². The zero-order valence-corrected chi connectivity index (χ0v) is 19.6. The first-order valence-electron chi connectivity index (χ1n) is 10.3. The Bertz CT molecular complexity index is 958. The molecule has 30 heavy (non-hydrogen) atoms. The number of benzene rings is 2. The third kappa shape index (κ3) is 5.23. The van der Waals surface area contributed by atoms with Crippen molar-refractivity contribution in [1.29, 1.82) is 0 Å². The molecule has 1 amide bonds. The van der Waals surface area contributed by atoms with Gasteiger partial charge in [0, 0.05) is 11.6 Å². The standard InChI is InChI=1S/C26H31NO2S/c1-25(2,3)20-11-7-18(8-12-20)16-27-23(29)17-30-24(27)15-22(28)19-9-13-21(14-10-19)26(4,5)6/h7-15H,16-17H2,1-6H3. The maximum atomic E-state index is 12.8. The molecule has 4 heteroatoms. The topological polar surface area (TPSA) is 37.4 Å². The summed E-state index contributed by atoms with van der Waals surface area (Å²) in [7, 11) is 0. The first-order valence-corrected chi connectivity index (χ1v) is 11.3. The first kappa shape index (κ1) is 22.4. The van der Waals surface area contributed by atoms with Gasteiger partial charge in [-0.3, -0.25) is 9.59 Å². The van der Waals surface area contributed by atoms with Crippen molar-refractivity contribution < 1.29 is 9.59 Å². The molecule has 1 aliphatic rings. The van der Waals surface area contributed by atoms with E-state index < -0.39 is 0 Å². The van der Waals surface area contributed by atoms with E-state index in [2.05, 4.69) is 65.8 Å². The van der Waals surface area contributed by atoms with Crippen LogP contribution >= 0.6 is 11.8 Å².